The Hall–Kier alpha value is -1.68. The Morgan fingerprint density at radius 1 is 1.00 bits per heavy atom. The number of aryl methyl sites for hydroxylation is 1. The number of anilines is 1. The lowest BCUT2D eigenvalue weighted by Gasteiger charge is -2.19. The summed E-state index contributed by atoms with van der Waals surface area (Å²) in [6.45, 7) is 4.20. The van der Waals surface area contributed by atoms with E-state index in [4.69, 9.17) is 9.47 Å². The minimum Gasteiger partial charge on any atom is -0.496 e. The second kappa shape index (κ2) is 6.85. The molecule has 112 valence electrons. The van der Waals surface area contributed by atoms with Gasteiger partial charge >= 0.3 is 0 Å². The molecule has 4 heteroatoms. The minimum atomic E-state index is 0.130. The zero-order valence-electron chi connectivity index (χ0n) is 12.7. The average Bonchev–Trinajstić information content (AvgIpc) is 2.49. The molecule has 0 aliphatic carbocycles. The first-order valence-electron chi connectivity index (χ1n) is 6.79. The van der Waals surface area contributed by atoms with Gasteiger partial charge in [-0.3, -0.25) is 0 Å². The second-order valence-corrected chi connectivity index (χ2v) is 5.82. The van der Waals surface area contributed by atoms with Crippen LogP contribution in [0.25, 0.3) is 0 Å². The smallest absolute Gasteiger partial charge is 0.135 e. The molecule has 0 aliphatic heterocycles. The lowest BCUT2D eigenvalue weighted by atomic mass is 10.0. The molecule has 0 fully saturated rings. The largest absolute Gasteiger partial charge is 0.496 e. The van der Waals surface area contributed by atoms with Gasteiger partial charge in [-0.25, -0.2) is 0 Å². The third-order valence-electron chi connectivity index (χ3n) is 3.39. The highest BCUT2D eigenvalue weighted by Gasteiger charge is 2.12. The predicted octanol–water partition coefficient (Wildman–Crippen LogP) is 4.95. The van der Waals surface area contributed by atoms with E-state index in [1.165, 1.54) is 5.56 Å². The van der Waals surface area contributed by atoms with Crippen LogP contribution in [0.2, 0.25) is 0 Å². The molecule has 0 radical (unpaired) electrons. The Bertz CT molecular complexity index is 628. The van der Waals surface area contributed by atoms with Gasteiger partial charge in [-0.2, -0.15) is 0 Å². The van der Waals surface area contributed by atoms with Crippen LogP contribution in [-0.2, 0) is 0 Å². The first-order chi connectivity index (χ1) is 10.0. The Labute approximate surface area is 134 Å². The first kappa shape index (κ1) is 15.7. The first-order valence-corrected chi connectivity index (χ1v) is 7.59. The van der Waals surface area contributed by atoms with Crippen LogP contribution in [0.4, 0.5) is 5.69 Å². The van der Waals surface area contributed by atoms with Gasteiger partial charge in [0.25, 0.3) is 0 Å². The fourth-order valence-corrected chi connectivity index (χ4v) is 2.68. The number of halogens is 1. The lowest BCUT2D eigenvalue weighted by molar-refractivity contribution is 0.407. The van der Waals surface area contributed by atoms with Crippen LogP contribution in [-0.4, -0.2) is 14.2 Å². The maximum absolute atomic E-state index is 5.45. The van der Waals surface area contributed by atoms with Crippen LogP contribution >= 0.6 is 15.9 Å². The molecule has 1 unspecified atom stereocenters. The minimum absolute atomic E-state index is 0.130. The van der Waals surface area contributed by atoms with Gasteiger partial charge in [0.1, 0.15) is 11.5 Å². The molecule has 3 nitrogen and oxygen atoms in total. The molecule has 0 bridgehead atoms. The molecule has 1 N–H and O–H groups in total. The van der Waals surface area contributed by atoms with E-state index in [-0.39, 0.29) is 6.04 Å². The maximum atomic E-state index is 5.45. The molecule has 21 heavy (non-hydrogen) atoms. The zero-order chi connectivity index (χ0) is 15.4. The van der Waals surface area contributed by atoms with Crippen molar-refractivity contribution in [3.63, 3.8) is 0 Å². The Balaban J connectivity index is 2.25. The van der Waals surface area contributed by atoms with Crippen molar-refractivity contribution in [2.24, 2.45) is 0 Å². The van der Waals surface area contributed by atoms with Gasteiger partial charge in [0.05, 0.1) is 24.7 Å². The number of rotatable bonds is 5. The van der Waals surface area contributed by atoms with Crippen molar-refractivity contribution in [2.45, 2.75) is 19.9 Å². The van der Waals surface area contributed by atoms with E-state index >= 15 is 0 Å². The molecule has 0 heterocycles. The Morgan fingerprint density at radius 3 is 2.38 bits per heavy atom. The highest BCUT2D eigenvalue weighted by molar-refractivity contribution is 9.10. The van der Waals surface area contributed by atoms with Crippen LogP contribution in [0, 0.1) is 6.92 Å². The molecule has 0 saturated heterocycles. The van der Waals surface area contributed by atoms with E-state index < -0.39 is 0 Å². The molecule has 0 aromatic heterocycles. The average molecular weight is 350 g/mol. The zero-order valence-corrected chi connectivity index (χ0v) is 14.3. The molecule has 2 rings (SSSR count). The number of methoxy groups -OCH3 is 2. The molecule has 0 spiro atoms. The normalized spacial score (nSPS) is 11.9. The van der Waals surface area contributed by atoms with Gasteiger partial charge in [0, 0.05) is 17.3 Å². The Morgan fingerprint density at radius 2 is 1.71 bits per heavy atom. The van der Waals surface area contributed by atoms with Gasteiger partial charge in [-0.1, -0.05) is 17.7 Å². The van der Waals surface area contributed by atoms with E-state index in [9.17, 15) is 0 Å². The molecule has 0 aliphatic rings. The second-order valence-electron chi connectivity index (χ2n) is 4.96. The molecule has 2 aromatic rings. The SMILES string of the molecule is COc1cc(NC(C)c2cc(C)ccc2OC)ccc1Br. The van der Waals surface area contributed by atoms with Crippen LogP contribution in [0.3, 0.4) is 0 Å². The van der Waals surface area contributed by atoms with Crippen LogP contribution in [0.5, 0.6) is 11.5 Å². The fraction of sp³-hybridized carbons (Fsp3) is 0.294. The van der Waals surface area contributed by atoms with Gasteiger partial charge in [-0.15, -0.1) is 0 Å². The molecule has 0 amide bonds. The molecule has 1 atom stereocenters. The number of hydrogen-bond donors (Lipinski definition) is 1. The fourth-order valence-electron chi connectivity index (χ4n) is 2.27. The third kappa shape index (κ3) is 3.70. The molecular weight excluding hydrogens is 330 g/mol. The number of hydrogen-bond acceptors (Lipinski definition) is 3. The monoisotopic (exact) mass is 349 g/mol. The van der Waals surface area contributed by atoms with Crippen molar-refractivity contribution in [1.29, 1.82) is 0 Å². The van der Waals surface area contributed by atoms with E-state index in [0.29, 0.717) is 0 Å². The highest BCUT2D eigenvalue weighted by atomic mass is 79.9. The predicted molar refractivity (Wildman–Crippen MR) is 90.5 cm³/mol. The van der Waals surface area contributed by atoms with Crippen molar-refractivity contribution < 1.29 is 9.47 Å². The summed E-state index contributed by atoms with van der Waals surface area (Å²) in [7, 11) is 3.36. The van der Waals surface area contributed by atoms with E-state index in [0.717, 1.165) is 27.2 Å². The van der Waals surface area contributed by atoms with Gasteiger partial charge in [0.15, 0.2) is 0 Å². The van der Waals surface area contributed by atoms with Crippen molar-refractivity contribution in [2.75, 3.05) is 19.5 Å². The topological polar surface area (TPSA) is 30.5 Å². The summed E-state index contributed by atoms with van der Waals surface area (Å²) >= 11 is 3.46. The van der Waals surface area contributed by atoms with Gasteiger partial charge in [-0.05, 0) is 48.0 Å². The maximum Gasteiger partial charge on any atom is 0.135 e. The Kier molecular flexibility index (Phi) is 5.12. The van der Waals surface area contributed by atoms with Crippen LogP contribution in [0.15, 0.2) is 40.9 Å². The standard InChI is InChI=1S/C17H20BrNO2/c1-11-5-8-16(20-3)14(9-11)12(2)19-13-6-7-15(18)17(10-13)21-4/h5-10,12,19H,1-4H3. The van der Waals surface area contributed by atoms with Crippen molar-refractivity contribution >= 4 is 21.6 Å². The summed E-state index contributed by atoms with van der Waals surface area (Å²) in [5.41, 5.74) is 3.36. The summed E-state index contributed by atoms with van der Waals surface area (Å²) in [5.74, 6) is 1.70. The summed E-state index contributed by atoms with van der Waals surface area (Å²) in [6.07, 6.45) is 0. The van der Waals surface area contributed by atoms with Crippen LogP contribution in [0.1, 0.15) is 24.1 Å². The van der Waals surface area contributed by atoms with E-state index in [1.54, 1.807) is 14.2 Å². The number of ether oxygens (including phenoxy) is 2. The number of nitrogens with one attached hydrogen (secondary N) is 1. The molecular formula is C17H20BrNO2. The molecule has 0 saturated carbocycles. The quantitative estimate of drug-likeness (QED) is 0.828. The van der Waals surface area contributed by atoms with Crippen molar-refractivity contribution in [3.8, 4) is 11.5 Å². The highest BCUT2D eigenvalue weighted by Crippen LogP contribution is 2.32. The summed E-state index contributed by atoms with van der Waals surface area (Å²) in [6, 6.07) is 12.3. The summed E-state index contributed by atoms with van der Waals surface area (Å²) in [5, 5.41) is 3.48. The van der Waals surface area contributed by atoms with Crippen LogP contribution < -0.4 is 14.8 Å². The summed E-state index contributed by atoms with van der Waals surface area (Å²) in [4.78, 5) is 0. The third-order valence-corrected chi connectivity index (χ3v) is 4.04. The van der Waals surface area contributed by atoms with Crippen molar-refractivity contribution in [3.05, 3.63) is 52.0 Å². The number of benzene rings is 2. The summed E-state index contributed by atoms with van der Waals surface area (Å²) < 4.78 is 11.7. The van der Waals surface area contributed by atoms with Gasteiger partial charge in [0.2, 0.25) is 0 Å². The lowest BCUT2D eigenvalue weighted by Crippen LogP contribution is -2.08. The molecule has 2 aromatic carbocycles. The van der Waals surface area contributed by atoms with E-state index in [1.807, 2.05) is 24.3 Å². The van der Waals surface area contributed by atoms with E-state index in [2.05, 4.69) is 47.2 Å². The van der Waals surface area contributed by atoms with Gasteiger partial charge < -0.3 is 14.8 Å². The van der Waals surface area contributed by atoms with Crippen molar-refractivity contribution in [1.82, 2.24) is 0 Å².